The minimum absolute atomic E-state index is 0.175. The van der Waals surface area contributed by atoms with Gasteiger partial charge in [0.15, 0.2) is 0 Å². The summed E-state index contributed by atoms with van der Waals surface area (Å²) in [6.07, 6.45) is 1.92. The van der Waals surface area contributed by atoms with Crippen molar-refractivity contribution in [2.75, 3.05) is 0 Å². The molecule has 0 unspecified atom stereocenters. The Morgan fingerprint density at radius 1 is 1.14 bits per heavy atom. The zero-order chi connectivity index (χ0) is 15.7. The van der Waals surface area contributed by atoms with E-state index in [1.807, 2.05) is 0 Å². The molecule has 0 saturated heterocycles. The molecular formula is C18H17F2NO. The number of aryl methyl sites for hydroxylation is 1. The van der Waals surface area contributed by atoms with Crippen LogP contribution in [0.3, 0.4) is 0 Å². The molecule has 0 atom stereocenters. The quantitative estimate of drug-likeness (QED) is 0.833. The second-order valence-electron chi connectivity index (χ2n) is 5.75. The predicted octanol–water partition coefficient (Wildman–Crippen LogP) is 4.08. The summed E-state index contributed by atoms with van der Waals surface area (Å²) in [5.41, 5.74) is 1.75. The lowest BCUT2D eigenvalue weighted by molar-refractivity contribution is 0.0729. The highest BCUT2D eigenvalue weighted by Gasteiger charge is 2.33. The number of rotatable bonds is 4. The summed E-state index contributed by atoms with van der Waals surface area (Å²) in [7, 11) is 0. The highest BCUT2D eigenvalue weighted by Crippen LogP contribution is 2.30. The Morgan fingerprint density at radius 3 is 2.41 bits per heavy atom. The van der Waals surface area contributed by atoms with Gasteiger partial charge in [-0.05, 0) is 55.2 Å². The minimum atomic E-state index is -0.372. The smallest absolute Gasteiger partial charge is 0.254 e. The zero-order valence-corrected chi connectivity index (χ0v) is 12.4. The number of carbonyl (C=O) groups is 1. The topological polar surface area (TPSA) is 20.3 Å². The van der Waals surface area contributed by atoms with Crippen LogP contribution in [-0.2, 0) is 6.54 Å². The van der Waals surface area contributed by atoms with E-state index in [1.165, 1.54) is 18.2 Å². The van der Waals surface area contributed by atoms with Crippen molar-refractivity contribution in [3.63, 3.8) is 0 Å². The largest absolute Gasteiger partial charge is 0.331 e. The molecule has 1 amide bonds. The van der Waals surface area contributed by atoms with Gasteiger partial charge in [-0.1, -0.05) is 18.2 Å². The van der Waals surface area contributed by atoms with Gasteiger partial charge >= 0.3 is 0 Å². The molecule has 2 aromatic rings. The highest BCUT2D eigenvalue weighted by molar-refractivity contribution is 5.94. The molecule has 114 valence electrons. The van der Waals surface area contributed by atoms with Gasteiger partial charge in [-0.2, -0.15) is 0 Å². The van der Waals surface area contributed by atoms with Crippen molar-refractivity contribution in [1.82, 2.24) is 4.90 Å². The summed E-state index contributed by atoms with van der Waals surface area (Å²) in [5.74, 6) is -0.845. The fourth-order valence-electron chi connectivity index (χ4n) is 2.43. The third kappa shape index (κ3) is 3.16. The number of carbonyl (C=O) groups excluding carboxylic acids is 1. The van der Waals surface area contributed by atoms with E-state index in [-0.39, 0.29) is 23.6 Å². The monoisotopic (exact) mass is 301 g/mol. The molecule has 0 radical (unpaired) electrons. The van der Waals surface area contributed by atoms with E-state index in [0.29, 0.717) is 17.7 Å². The maximum absolute atomic E-state index is 13.7. The van der Waals surface area contributed by atoms with E-state index in [4.69, 9.17) is 0 Å². The molecule has 1 saturated carbocycles. The lowest BCUT2D eigenvalue weighted by Crippen LogP contribution is -2.32. The molecule has 1 aliphatic rings. The Hall–Kier alpha value is -2.23. The van der Waals surface area contributed by atoms with Crippen LogP contribution in [0.4, 0.5) is 8.78 Å². The first-order valence-electron chi connectivity index (χ1n) is 7.36. The molecule has 0 heterocycles. The standard InChI is InChI=1S/C18H17F2NO/c1-12-2-5-14(10-17(12)20)18(22)21(16-8-9-16)11-13-3-6-15(19)7-4-13/h2-7,10,16H,8-9,11H2,1H3. The van der Waals surface area contributed by atoms with Gasteiger partial charge in [0.05, 0.1) is 0 Å². The number of hydrogen-bond donors (Lipinski definition) is 0. The molecule has 4 heteroatoms. The van der Waals surface area contributed by atoms with E-state index < -0.39 is 0 Å². The van der Waals surface area contributed by atoms with Crippen LogP contribution in [0, 0.1) is 18.6 Å². The summed E-state index contributed by atoms with van der Waals surface area (Å²) in [4.78, 5) is 14.4. The van der Waals surface area contributed by atoms with E-state index >= 15 is 0 Å². The van der Waals surface area contributed by atoms with Crippen LogP contribution in [0.2, 0.25) is 0 Å². The Labute approximate surface area is 128 Å². The third-order valence-corrected chi connectivity index (χ3v) is 3.93. The summed E-state index contributed by atoms with van der Waals surface area (Å²) >= 11 is 0. The molecular weight excluding hydrogens is 284 g/mol. The van der Waals surface area contributed by atoms with Crippen molar-refractivity contribution < 1.29 is 13.6 Å². The molecule has 22 heavy (non-hydrogen) atoms. The van der Waals surface area contributed by atoms with Gasteiger partial charge < -0.3 is 4.90 Å². The molecule has 1 aliphatic carbocycles. The van der Waals surface area contributed by atoms with Gasteiger partial charge in [0, 0.05) is 18.2 Å². The summed E-state index contributed by atoms with van der Waals surface area (Å²) in [6.45, 7) is 2.08. The SMILES string of the molecule is Cc1ccc(C(=O)N(Cc2ccc(F)cc2)C2CC2)cc1F. The van der Waals surface area contributed by atoms with Gasteiger partial charge in [-0.15, -0.1) is 0 Å². The molecule has 1 fully saturated rings. The molecule has 0 N–H and O–H groups in total. The van der Waals surface area contributed by atoms with Gasteiger partial charge in [0.25, 0.3) is 5.91 Å². The predicted molar refractivity (Wildman–Crippen MR) is 80.4 cm³/mol. The van der Waals surface area contributed by atoms with Crippen LogP contribution >= 0.6 is 0 Å². The molecule has 0 aliphatic heterocycles. The average Bonchev–Trinajstić information content (AvgIpc) is 3.33. The fraction of sp³-hybridized carbons (Fsp3) is 0.278. The van der Waals surface area contributed by atoms with E-state index in [0.717, 1.165) is 18.4 Å². The Kier molecular flexibility index (Phi) is 3.92. The maximum atomic E-state index is 13.7. The minimum Gasteiger partial charge on any atom is -0.331 e. The van der Waals surface area contributed by atoms with Crippen LogP contribution in [0.5, 0.6) is 0 Å². The van der Waals surface area contributed by atoms with Crippen molar-refractivity contribution >= 4 is 5.91 Å². The highest BCUT2D eigenvalue weighted by atomic mass is 19.1. The number of halogens is 2. The molecule has 0 aromatic heterocycles. The normalized spacial score (nSPS) is 14.0. The number of benzene rings is 2. The van der Waals surface area contributed by atoms with Gasteiger partial charge in [0.1, 0.15) is 11.6 Å². The summed E-state index contributed by atoms with van der Waals surface area (Å²) in [6, 6.07) is 10.9. The number of amides is 1. The zero-order valence-electron chi connectivity index (χ0n) is 12.4. The Morgan fingerprint density at radius 2 is 1.82 bits per heavy atom. The van der Waals surface area contributed by atoms with Crippen molar-refractivity contribution in [3.05, 3.63) is 70.8 Å². The fourth-order valence-corrected chi connectivity index (χ4v) is 2.43. The molecule has 2 aromatic carbocycles. The second kappa shape index (κ2) is 5.87. The van der Waals surface area contributed by atoms with E-state index in [9.17, 15) is 13.6 Å². The second-order valence-corrected chi connectivity index (χ2v) is 5.75. The van der Waals surface area contributed by atoms with Gasteiger partial charge in [-0.25, -0.2) is 8.78 Å². The molecule has 0 spiro atoms. The van der Waals surface area contributed by atoms with E-state index in [2.05, 4.69) is 0 Å². The van der Waals surface area contributed by atoms with Crippen molar-refractivity contribution in [1.29, 1.82) is 0 Å². The van der Waals surface area contributed by atoms with Crippen LogP contribution in [0.15, 0.2) is 42.5 Å². The molecule has 0 bridgehead atoms. The molecule has 3 rings (SSSR count). The third-order valence-electron chi connectivity index (χ3n) is 3.93. The van der Waals surface area contributed by atoms with Gasteiger partial charge in [-0.3, -0.25) is 4.79 Å². The first-order chi connectivity index (χ1) is 10.5. The van der Waals surface area contributed by atoms with Crippen LogP contribution in [0.25, 0.3) is 0 Å². The summed E-state index contributed by atoms with van der Waals surface area (Å²) in [5, 5.41) is 0. The van der Waals surface area contributed by atoms with Crippen molar-refractivity contribution in [2.24, 2.45) is 0 Å². The van der Waals surface area contributed by atoms with E-state index in [1.54, 1.807) is 36.1 Å². The maximum Gasteiger partial charge on any atom is 0.254 e. The Bertz CT molecular complexity index is 693. The lowest BCUT2D eigenvalue weighted by Gasteiger charge is -2.23. The van der Waals surface area contributed by atoms with Crippen LogP contribution in [0.1, 0.15) is 34.3 Å². The lowest BCUT2D eigenvalue weighted by atomic mass is 10.1. The van der Waals surface area contributed by atoms with Crippen LogP contribution < -0.4 is 0 Å². The number of nitrogens with zero attached hydrogens (tertiary/aromatic N) is 1. The van der Waals surface area contributed by atoms with Gasteiger partial charge in [0.2, 0.25) is 0 Å². The van der Waals surface area contributed by atoms with Crippen molar-refractivity contribution in [2.45, 2.75) is 32.4 Å². The summed E-state index contributed by atoms with van der Waals surface area (Å²) < 4.78 is 26.7. The average molecular weight is 301 g/mol. The first kappa shape index (κ1) is 14.7. The van der Waals surface area contributed by atoms with Crippen LogP contribution in [-0.4, -0.2) is 16.8 Å². The first-order valence-corrected chi connectivity index (χ1v) is 7.36. The molecule has 2 nitrogen and oxygen atoms in total. The number of hydrogen-bond acceptors (Lipinski definition) is 1. The van der Waals surface area contributed by atoms with Crippen molar-refractivity contribution in [3.8, 4) is 0 Å². The Balaban J connectivity index is 1.82.